The Morgan fingerprint density at radius 1 is 1.42 bits per heavy atom. The zero-order valence-electron chi connectivity index (χ0n) is 10.5. The van der Waals surface area contributed by atoms with Crippen LogP contribution in [0.1, 0.15) is 18.9 Å². The maximum absolute atomic E-state index is 11.0. The largest absolute Gasteiger partial charge is 0.368 e. The summed E-state index contributed by atoms with van der Waals surface area (Å²) >= 11 is 0. The topological polar surface area (TPSA) is 94.9 Å². The fraction of sp³-hybridized carbons (Fsp3) is 0.231. The highest BCUT2D eigenvalue weighted by atomic mass is 16.6. The monoisotopic (exact) mass is 258 g/mol. The molecule has 0 aliphatic carbocycles. The number of nitrogen functional groups attached to an aromatic ring is 1. The van der Waals surface area contributed by atoms with Crippen molar-refractivity contribution in [1.82, 2.24) is 9.97 Å². The van der Waals surface area contributed by atoms with Crippen LogP contribution in [0.3, 0.4) is 0 Å². The van der Waals surface area contributed by atoms with Crippen LogP contribution in [0.4, 0.5) is 11.6 Å². The molecule has 1 aromatic heterocycles. The number of aryl methyl sites for hydroxylation is 1. The van der Waals surface area contributed by atoms with Crippen LogP contribution in [0, 0.1) is 10.1 Å². The molecule has 0 saturated carbocycles. The number of nitro groups is 1. The molecule has 0 fully saturated rings. The van der Waals surface area contributed by atoms with E-state index in [1.54, 1.807) is 6.07 Å². The molecular formula is C13H14N4O2. The van der Waals surface area contributed by atoms with Crippen molar-refractivity contribution in [3.8, 4) is 11.3 Å². The summed E-state index contributed by atoms with van der Waals surface area (Å²) in [6.45, 7) is 2.08. The summed E-state index contributed by atoms with van der Waals surface area (Å²) in [4.78, 5) is 18.2. The molecule has 2 rings (SSSR count). The summed E-state index contributed by atoms with van der Waals surface area (Å²) in [5.41, 5.74) is 7.44. The van der Waals surface area contributed by atoms with Gasteiger partial charge in [-0.25, -0.2) is 9.97 Å². The van der Waals surface area contributed by atoms with Gasteiger partial charge in [-0.2, -0.15) is 0 Å². The normalized spacial score (nSPS) is 10.4. The quantitative estimate of drug-likeness (QED) is 0.671. The second-order valence-corrected chi connectivity index (χ2v) is 4.17. The smallest absolute Gasteiger partial charge is 0.313 e. The molecule has 0 bridgehead atoms. The van der Waals surface area contributed by atoms with Gasteiger partial charge in [-0.3, -0.25) is 10.1 Å². The standard InChI is InChI=1S/C13H14N4O2/c1-2-4-9-5-3-6-10(7-9)12-11(17(18)19)8-15-13(14)16-12/h3,5-8H,2,4H2,1H3,(H2,14,15,16). The number of benzene rings is 1. The van der Waals surface area contributed by atoms with Gasteiger partial charge in [0.15, 0.2) is 5.69 Å². The second-order valence-electron chi connectivity index (χ2n) is 4.17. The van der Waals surface area contributed by atoms with Gasteiger partial charge in [0.25, 0.3) is 0 Å². The number of nitrogens with zero attached hydrogens (tertiary/aromatic N) is 3. The molecule has 0 atom stereocenters. The van der Waals surface area contributed by atoms with Gasteiger partial charge < -0.3 is 5.73 Å². The zero-order chi connectivity index (χ0) is 13.8. The van der Waals surface area contributed by atoms with Crippen molar-refractivity contribution in [3.63, 3.8) is 0 Å². The maximum Gasteiger partial charge on any atom is 0.313 e. The van der Waals surface area contributed by atoms with Crippen molar-refractivity contribution in [3.05, 3.63) is 46.1 Å². The average Bonchev–Trinajstić information content (AvgIpc) is 2.39. The van der Waals surface area contributed by atoms with Gasteiger partial charge in [-0.05, 0) is 18.1 Å². The first-order valence-electron chi connectivity index (χ1n) is 5.98. The van der Waals surface area contributed by atoms with Crippen LogP contribution in [0.2, 0.25) is 0 Å². The molecule has 19 heavy (non-hydrogen) atoms. The molecule has 0 amide bonds. The molecule has 1 aromatic carbocycles. The van der Waals surface area contributed by atoms with Crippen molar-refractivity contribution in [1.29, 1.82) is 0 Å². The minimum absolute atomic E-state index is 0.0292. The van der Waals surface area contributed by atoms with Gasteiger partial charge in [-0.1, -0.05) is 31.5 Å². The molecule has 2 N–H and O–H groups in total. The number of hydrogen-bond acceptors (Lipinski definition) is 5. The predicted octanol–water partition coefficient (Wildman–Crippen LogP) is 2.59. The van der Waals surface area contributed by atoms with Gasteiger partial charge in [-0.15, -0.1) is 0 Å². The number of rotatable bonds is 4. The zero-order valence-corrected chi connectivity index (χ0v) is 10.5. The Balaban J connectivity index is 2.54. The Morgan fingerprint density at radius 2 is 2.21 bits per heavy atom. The summed E-state index contributed by atoms with van der Waals surface area (Å²) in [5, 5.41) is 11.0. The molecule has 6 nitrogen and oxygen atoms in total. The van der Waals surface area contributed by atoms with E-state index in [0.29, 0.717) is 5.56 Å². The molecule has 0 spiro atoms. The summed E-state index contributed by atoms with van der Waals surface area (Å²) in [6, 6.07) is 7.54. The summed E-state index contributed by atoms with van der Waals surface area (Å²) in [7, 11) is 0. The number of anilines is 1. The minimum Gasteiger partial charge on any atom is -0.368 e. The Labute approximate surface area is 110 Å². The van der Waals surface area contributed by atoms with E-state index in [9.17, 15) is 10.1 Å². The highest BCUT2D eigenvalue weighted by Gasteiger charge is 2.18. The fourth-order valence-electron chi connectivity index (χ4n) is 1.90. The molecule has 0 saturated heterocycles. The number of aromatic nitrogens is 2. The van der Waals surface area contributed by atoms with E-state index in [1.165, 1.54) is 0 Å². The molecule has 6 heteroatoms. The molecule has 0 radical (unpaired) electrons. The lowest BCUT2D eigenvalue weighted by molar-refractivity contribution is -0.384. The molecule has 0 aliphatic heterocycles. The van der Waals surface area contributed by atoms with Gasteiger partial charge in [0.2, 0.25) is 5.95 Å². The molecule has 2 aromatic rings. The van der Waals surface area contributed by atoms with Gasteiger partial charge in [0.1, 0.15) is 6.20 Å². The lowest BCUT2D eigenvalue weighted by Gasteiger charge is -2.05. The first kappa shape index (κ1) is 12.9. The van der Waals surface area contributed by atoms with Crippen LogP contribution in [0.25, 0.3) is 11.3 Å². The SMILES string of the molecule is CCCc1cccc(-c2nc(N)ncc2[N+](=O)[O-])c1. The van der Waals surface area contributed by atoms with E-state index in [1.807, 2.05) is 18.2 Å². The van der Waals surface area contributed by atoms with Crippen LogP contribution in [-0.4, -0.2) is 14.9 Å². The third-order valence-corrected chi connectivity index (χ3v) is 2.72. The Hall–Kier alpha value is -2.50. The van der Waals surface area contributed by atoms with Crippen molar-refractivity contribution >= 4 is 11.6 Å². The number of nitrogens with two attached hydrogens (primary N) is 1. The summed E-state index contributed by atoms with van der Waals surface area (Å²) in [6.07, 6.45) is 3.07. The second kappa shape index (κ2) is 5.43. The van der Waals surface area contributed by atoms with Crippen molar-refractivity contribution in [2.24, 2.45) is 0 Å². The van der Waals surface area contributed by atoms with Crippen molar-refractivity contribution in [2.45, 2.75) is 19.8 Å². The first-order chi connectivity index (χ1) is 9.11. The number of hydrogen-bond donors (Lipinski definition) is 1. The molecule has 98 valence electrons. The van der Waals surface area contributed by atoms with E-state index >= 15 is 0 Å². The van der Waals surface area contributed by atoms with Gasteiger partial charge in [0, 0.05) is 5.56 Å². The van der Waals surface area contributed by atoms with Crippen LogP contribution >= 0.6 is 0 Å². The molecule has 1 heterocycles. The fourth-order valence-corrected chi connectivity index (χ4v) is 1.90. The van der Waals surface area contributed by atoms with E-state index in [-0.39, 0.29) is 17.3 Å². The van der Waals surface area contributed by atoms with Crippen LogP contribution in [0.15, 0.2) is 30.5 Å². The third kappa shape index (κ3) is 2.85. The van der Waals surface area contributed by atoms with E-state index in [0.717, 1.165) is 24.6 Å². The summed E-state index contributed by atoms with van der Waals surface area (Å²) in [5.74, 6) is 0.0292. The molecule has 0 unspecified atom stereocenters. The van der Waals surface area contributed by atoms with Gasteiger partial charge >= 0.3 is 5.69 Å². The lowest BCUT2D eigenvalue weighted by Crippen LogP contribution is -2.01. The van der Waals surface area contributed by atoms with E-state index in [4.69, 9.17) is 5.73 Å². The van der Waals surface area contributed by atoms with E-state index < -0.39 is 4.92 Å². The van der Waals surface area contributed by atoms with Gasteiger partial charge in [0.05, 0.1) is 4.92 Å². The average molecular weight is 258 g/mol. The lowest BCUT2D eigenvalue weighted by atomic mass is 10.0. The first-order valence-corrected chi connectivity index (χ1v) is 5.98. The molecular weight excluding hydrogens is 244 g/mol. The highest BCUT2D eigenvalue weighted by Crippen LogP contribution is 2.28. The summed E-state index contributed by atoms with van der Waals surface area (Å²) < 4.78 is 0. The highest BCUT2D eigenvalue weighted by molar-refractivity contribution is 5.70. The van der Waals surface area contributed by atoms with Crippen molar-refractivity contribution in [2.75, 3.05) is 5.73 Å². The van der Waals surface area contributed by atoms with E-state index in [2.05, 4.69) is 16.9 Å². The Bertz CT molecular complexity index is 613. The Morgan fingerprint density at radius 3 is 2.89 bits per heavy atom. The van der Waals surface area contributed by atoms with Crippen LogP contribution < -0.4 is 5.73 Å². The molecule has 0 aliphatic rings. The van der Waals surface area contributed by atoms with Crippen molar-refractivity contribution < 1.29 is 4.92 Å². The minimum atomic E-state index is -0.499. The third-order valence-electron chi connectivity index (χ3n) is 2.72. The van der Waals surface area contributed by atoms with Crippen LogP contribution in [-0.2, 0) is 6.42 Å². The predicted molar refractivity (Wildman–Crippen MR) is 72.5 cm³/mol. The van der Waals surface area contributed by atoms with Crippen LogP contribution in [0.5, 0.6) is 0 Å². The maximum atomic E-state index is 11.0. The Kier molecular flexibility index (Phi) is 3.70.